The highest BCUT2D eigenvalue weighted by molar-refractivity contribution is 6.30. The molecule has 1 aromatic rings. The minimum atomic E-state index is -0.391. The molecular weight excluding hydrogens is 402 g/mol. The van der Waals surface area contributed by atoms with E-state index < -0.39 is 5.92 Å². The van der Waals surface area contributed by atoms with Gasteiger partial charge in [-0.3, -0.25) is 14.4 Å². The molecule has 2 aliphatic heterocycles. The summed E-state index contributed by atoms with van der Waals surface area (Å²) in [6, 6.07) is 7.33. The first-order valence-corrected chi connectivity index (χ1v) is 11.1. The molecule has 2 aliphatic rings. The third kappa shape index (κ3) is 6.08. The molecule has 0 unspecified atom stereocenters. The number of hydrogen-bond donors (Lipinski definition) is 2. The van der Waals surface area contributed by atoms with Crippen LogP contribution in [0.15, 0.2) is 36.4 Å². The van der Waals surface area contributed by atoms with E-state index in [0.29, 0.717) is 37.5 Å². The van der Waals surface area contributed by atoms with Crippen molar-refractivity contribution in [3.63, 3.8) is 0 Å². The Hall–Kier alpha value is -2.34. The Bertz CT molecular complexity index is 793. The van der Waals surface area contributed by atoms with Crippen LogP contribution in [0.2, 0.25) is 5.02 Å². The van der Waals surface area contributed by atoms with E-state index in [-0.39, 0.29) is 36.1 Å². The summed E-state index contributed by atoms with van der Waals surface area (Å²) in [6.45, 7) is 3.48. The van der Waals surface area contributed by atoms with Crippen molar-refractivity contribution >= 4 is 29.3 Å². The summed E-state index contributed by atoms with van der Waals surface area (Å²) >= 11 is 5.90. The third-order valence-electron chi connectivity index (χ3n) is 5.88. The zero-order valence-corrected chi connectivity index (χ0v) is 18.2. The van der Waals surface area contributed by atoms with E-state index in [1.54, 1.807) is 12.1 Å². The lowest BCUT2D eigenvalue weighted by Gasteiger charge is -2.29. The monoisotopic (exact) mass is 431 g/mol. The fourth-order valence-corrected chi connectivity index (χ4v) is 4.13. The van der Waals surface area contributed by atoms with Crippen LogP contribution in [0.1, 0.15) is 44.6 Å². The molecule has 3 rings (SSSR count). The Balaban J connectivity index is 1.65. The quantitative estimate of drug-likeness (QED) is 0.719. The van der Waals surface area contributed by atoms with Gasteiger partial charge in [0.15, 0.2) is 0 Å². The Morgan fingerprint density at radius 1 is 1.20 bits per heavy atom. The summed E-state index contributed by atoms with van der Waals surface area (Å²) in [5, 5.41) is 6.55. The molecule has 1 saturated heterocycles. The van der Waals surface area contributed by atoms with Gasteiger partial charge in [0.2, 0.25) is 17.7 Å². The summed E-state index contributed by atoms with van der Waals surface area (Å²) in [7, 11) is 0. The number of carbonyl (C=O) groups excluding carboxylic acids is 3. The number of benzene rings is 1. The molecule has 3 amide bonds. The molecule has 3 atom stereocenters. The molecular formula is C23H30ClN3O3. The molecule has 2 N–H and O–H groups in total. The molecule has 0 aliphatic carbocycles. The van der Waals surface area contributed by atoms with Crippen LogP contribution in [0.5, 0.6) is 0 Å². The van der Waals surface area contributed by atoms with Gasteiger partial charge >= 0.3 is 0 Å². The van der Waals surface area contributed by atoms with Crippen molar-refractivity contribution in [3.8, 4) is 0 Å². The van der Waals surface area contributed by atoms with Crippen LogP contribution in [0, 0.1) is 11.8 Å². The van der Waals surface area contributed by atoms with E-state index in [1.165, 1.54) is 0 Å². The van der Waals surface area contributed by atoms with Crippen molar-refractivity contribution in [1.29, 1.82) is 0 Å². The van der Waals surface area contributed by atoms with Crippen LogP contribution < -0.4 is 10.6 Å². The molecule has 1 aromatic carbocycles. The molecule has 0 radical (unpaired) electrons. The van der Waals surface area contributed by atoms with Crippen molar-refractivity contribution in [3.05, 3.63) is 47.0 Å². The van der Waals surface area contributed by atoms with E-state index in [2.05, 4.69) is 10.6 Å². The van der Waals surface area contributed by atoms with Crippen molar-refractivity contribution < 1.29 is 14.4 Å². The average molecular weight is 432 g/mol. The summed E-state index contributed by atoms with van der Waals surface area (Å²) in [6.07, 6.45) is 6.97. The number of rotatable bonds is 4. The molecule has 0 aromatic heterocycles. The van der Waals surface area contributed by atoms with Gasteiger partial charge in [0.1, 0.15) is 0 Å². The maximum Gasteiger partial charge on any atom is 0.226 e. The molecule has 0 saturated carbocycles. The first-order valence-electron chi connectivity index (χ1n) is 10.7. The highest BCUT2D eigenvalue weighted by Crippen LogP contribution is 2.24. The summed E-state index contributed by atoms with van der Waals surface area (Å²) in [5.74, 6) is -0.601. The number of hydrogen-bond acceptors (Lipinski definition) is 3. The van der Waals surface area contributed by atoms with Crippen molar-refractivity contribution in [1.82, 2.24) is 15.5 Å². The van der Waals surface area contributed by atoms with Crippen LogP contribution in [0.25, 0.3) is 0 Å². The van der Waals surface area contributed by atoms with Crippen molar-refractivity contribution in [2.45, 2.75) is 51.6 Å². The first-order chi connectivity index (χ1) is 14.4. The lowest BCUT2D eigenvalue weighted by molar-refractivity contribution is -0.139. The Morgan fingerprint density at radius 3 is 2.70 bits per heavy atom. The van der Waals surface area contributed by atoms with Crippen molar-refractivity contribution in [2.75, 3.05) is 13.1 Å². The Morgan fingerprint density at radius 2 is 1.93 bits per heavy atom. The van der Waals surface area contributed by atoms with E-state index >= 15 is 0 Å². The van der Waals surface area contributed by atoms with E-state index in [0.717, 1.165) is 18.4 Å². The number of fused-ring (bicyclic) bond motifs is 1. The molecule has 0 bridgehead atoms. The molecule has 1 fully saturated rings. The topological polar surface area (TPSA) is 78.5 Å². The standard InChI is InChI=1S/C23H30ClN3O3/c1-16-5-2-3-6-18(13-21(28)25-14-17-8-10-19(24)11-9-17)23(30)27-12-4-7-20(27)15-26-22(16)29/h2-3,8-11,16,18,20H,4-7,12-15H2,1H3,(H,25,28)(H,26,29)/t16-,18-,20-/m0/s1. The van der Waals surface area contributed by atoms with Crippen LogP contribution in [-0.4, -0.2) is 41.8 Å². The SMILES string of the molecule is C[C@H]1CC=CC[C@@H](CC(=O)NCc2ccc(Cl)cc2)C(=O)N2CCC[C@H]2CNC1=O. The predicted molar refractivity (Wildman–Crippen MR) is 117 cm³/mol. The summed E-state index contributed by atoms with van der Waals surface area (Å²) in [4.78, 5) is 39.9. The third-order valence-corrected chi connectivity index (χ3v) is 6.13. The average Bonchev–Trinajstić information content (AvgIpc) is 3.21. The summed E-state index contributed by atoms with van der Waals surface area (Å²) < 4.78 is 0. The van der Waals surface area contributed by atoms with Gasteiger partial charge in [-0.05, 0) is 43.4 Å². The largest absolute Gasteiger partial charge is 0.354 e. The second kappa shape index (κ2) is 10.6. The number of nitrogens with one attached hydrogen (secondary N) is 2. The van der Waals surface area contributed by atoms with E-state index in [1.807, 2.05) is 36.1 Å². The molecule has 162 valence electrons. The molecule has 0 spiro atoms. The second-order valence-corrected chi connectivity index (χ2v) is 8.66. The molecule has 6 nitrogen and oxygen atoms in total. The van der Waals surface area contributed by atoms with E-state index in [9.17, 15) is 14.4 Å². The highest BCUT2D eigenvalue weighted by atomic mass is 35.5. The van der Waals surface area contributed by atoms with Gasteiger partial charge in [-0.1, -0.05) is 42.8 Å². The lowest BCUT2D eigenvalue weighted by atomic mass is 9.96. The number of halogens is 1. The van der Waals surface area contributed by atoms with Gasteiger partial charge in [0, 0.05) is 43.0 Å². The zero-order valence-electron chi connectivity index (χ0n) is 17.4. The summed E-state index contributed by atoms with van der Waals surface area (Å²) in [5.41, 5.74) is 0.960. The maximum atomic E-state index is 13.2. The van der Waals surface area contributed by atoms with Gasteiger partial charge in [0.25, 0.3) is 0 Å². The number of carbonyl (C=O) groups is 3. The van der Waals surface area contributed by atoms with Gasteiger partial charge in [-0.2, -0.15) is 0 Å². The van der Waals surface area contributed by atoms with Gasteiger partial charge in [-0.15, -0.1) is 0 Å². The minimum Gasteiger partial charge on any atom is -0.354 e. The molecule has 2 heterocycles. The lowest BCUT2D eigenvalue weighted by Crippen LogP contribution is -2.47. The molecule has 30 heavy (non-hydrogen) atoms. The minimum absolute atomic E-state index is 0.00617. The number of nitrogens with zero attached hydrogens (tertiary/aromatic N) is 1. The predicted octanol–water partition coefficient (Wildman–Crippen LogP) is 3.06. The van der Waals surface area contributed by atoms with E-state index in [4.69, 9.17) is 11.6 Å². The van der Waals surface area contributed by atoms with Gasteiger partial charge in [-0.25, -0.2) is 0 Å². The van der Waals surface area contributed by atoms with Crippen molar-refractivity contribution in [2.24, 2.45) is 11.8 Å². The zero-order chi connectivity index (χ0) is 21.5. The number of amides is 3. The number of allylic oxidation sites excluding steroid dienone is 2. The van der Waals surface area contributed by atoms with Crippen LogP contribution >= 0.6 is 11.6 Å². The second-order valence-electron chi connectivity index (χ2n) is 8.22. The fourth-order valence-electron chi connectivity index (χ4n) is 4.00. The van der Waals surface area contributed by atoms with Gasteiger partial charge in [0.05, 0.1) is 5.92 Å². The maximum absolute atomic E-state index is 13.2. The Labute approximate surface area is 183 Å². The Kier molecular flexibility index (Phi) is 7.91. The van der Waals surface area contributed by atoms with Crippen LogP contribution in [0.3, 0.4) is 0 Å². The smallest absolute Gasteiger partial charge is 0.226 e. The normalized spacial score (nSPS) is 25.1. The van der Waals surface area contributed by atoms with Gasteiger partial charge < -0.3 is 15.5 Å². The highest BCUT2D eigenvalue weighted by Gasteiger charge is 2.34. The molecule has 7 heteroatoms. The van der Waals surface area contributed by atoms with Crippen LogP contribution in [0.4, 0.5) is 0 Å². The fraction of sp³-hybridized carbons (Fsp3) is 0.522. The van der Waals surface area contributed by atoms with Crippen LogP contribution in [-0.2, 0) is 20.9 Å². The first kappa shape index (κ1) is 22.3.